The van der Waals surface area contributed by atoms with Crippen LogP contribution in [0.25, 0.3) is 11.0 Å². The Morgan fingerprint density at radius 1 is 1.03 bits per heavy atom. The predicted octanol–water partition coefficient (Wildman–Crippen LogP) is 4.92. The second kappa shape index (κ2) is 8.88. The summed E-state index contributed by atoms with van der Waals surface area (Å²) in [4.78, 5) is 17.3. The minimum absolute atomic E-state index is 0.105. The van der Waals surface area contributed by atoms with E-state index in [9.17, 15) is 4.79 Å². The van der Waals surface area contributed by atoms with E-state index in [2.05, 4.69) is 10.3 Å². The van der Waals surface area contributed by atoms with Crippen molar-refractivity contribution in [3.63, 3.8) is 0 Å². The zero-order valence-electron chi connectivity index (χ0n) is 16.3. The summed E-state index contributed by atoms with van der Waals surface area (Å²) in [6.07, 6.45) is 0. The Labute approximate surface area is 179 Å². The molecule has 0 fully saturated rings. The number of rotatable bonds is 7. The third-order valence-electron chi connectivity index (χ3n) is 4.60. The third kappa shape index (κ3) is 4.39. The van der Waals surface area contributed by atoms with Crippen molar-refractivity contribution in [1.29, 1.82) is 0 Å². The molecule has 0 saturated carbocycles. The van der Waals surface area contributed by atoms with Gasteiger partial charge in [0, 0.05) is 5.69 Å². The zero-order valence-corrected chi connectivity index (χ0v) is 17.1. The van der Waals surface area contributed by atoms with Gasteiger partial charge in [0.15, 0.2) is 0 Å². The molecule has 6 nitrogen and oxygen atoms in total. The predicted molar refractivity (Wildman–Crippen MR) is 117 cm³/mol. The van der Waals surface area contributed by atoms with Gasteiger partial charge in [0.25, 0.3) is 0 Å². The third-order valence-corrected chi connectivity index (χ3v) is 4.91. The molecular weight excluding hydrogens is 402 g/mol. The van der Waals surface area contributed by atoms with Crippen molar-refractivity contribution in [1.82, 2.24) is 9.55 Å². The van der Waals surface area contributed by atoms with Gasteiger partial charge >= 0.3 is 0 Å². The zero-order chi connectivity index (χ0) is 20.9. The van der Waals surface area contributed by atoms with Crippen LogP contribution in [0.1, 0.15) is 5.82 Å². The molecule has 1 amide bonds. The Kier molecular flexibility index (Phi) is 5.86. The van der Waals surface area contributed by atoms with Gasteiger partial charge in [-0.25, -0.2) is 4.98 Å². The number of amides is 1. The number of hydrogen-bond acceptors (Lipinski definition) is 4. The van der Waals surface area contributed by atoms with Gasteiger partial charge in [0.1, 0.15) is 30.5 Å². The van der Waals surface area contributed by atoms with Gasteiger partial charge in [-0.2, -0.15) is 0 Å². The lowest BCUT2D eigenvalue weighted by atomic mass is 10.3. The van der Waals surface area contributed by atoms with Gasteiger partial charge in [0.05, 0.1) is 23.2 Å². The molecule has 4 rings (SSSR count). The Balaban J connectivity index is 1.55. The van der Waals surface area contributed by atoms with E-state index < -0.39 is 0 Å². The number of methoxy groups -OCH3 is 1. The van der Waals surface area contributed by atoms with Crippen LogP contribution in [0.15, 0.2) is 72.8 Å². The van der Waals surface area contributed by atoms with E-state index in [0.717, 1.165) is 16.8 Å². The fraction of sp³-hybridized carbons (Fsp3) is 0.130. The average Bonchev–Trinajstić information content (AvgIpc) is 3.11. The van der Waals surface area contributed by atoms with Crippen molar-refractivity contribution >= 4 is 34.2 Å². The number of imidazole rings is 1. The topological polar surface area (TPSA) is 65.4 Å². The molecule has 30 heavy (non-hydrogen) atoms. The SMILES string of the molecule is COc1ccc(NC(=O)Cn2c(COc3ccccc3Cl)nc3ccccc32)cc1. The number of nitrogens with one attached hydrogen (secondary N) is 1. The van der Waals surface area contributed by atoms with Gasteiger partial charge in [-0.05, 0) is 48.5 Å². The maximum absolute atomic E-state index is 12.7. The summed E-state index contributed by atoms with van der Waals surface area (Å²) in [5.74, 6) is 1.77. The van der Waals surface area contributed by atoms with Crippen LogP contribution in [0.4, 0.5) is 5.69 Å². The molecule has 0 aliphatic heterocycles. The van der Waals surface area contributed by atoms with Crippen molar-refractivity contribution < 1.29 is 14.3 Å². The maximum Gasteiger partial charge on any atom is 0.244 e. The molecule has 152 valence electrons. The largest absolute Gasteiger partial charge is 0.497 e. The molecule has 7 heteroatoms. The van der Waals surface area contributed by atoms with Crippen LogP contribution in [-0.2, 0) is 17.9 Å². The molecule has 0 saturated heterocycles. The smallest absolute Gasteiger partial charge is 0.244 e. The fourth-order valence-corrected chi connectivity index (χ4v) is 3.32. The number of anilines is 1. The van der Waals surface area contributed by atoms with Crippen LogP contribution >= 0.6 is 11.6 Å². The molecular formula is C23H20ClN3O3. The van der Waals surface area contributed by atoms with Crippen molar-refractivity contribution in [3.8, 4) is 11.5 Å². The second-order valence-electron chi connectivity index (χ2n) is 6.60. The number of carbonyl (C=O) groups excluding carboxylic acids is 1. The maximum atomic E-state index is 12.7. The number of carbonyl (C=O) groups is 1. The number of hydrogen-bond donors (Lipinski definition) is 1. The highest BCUT2D eigenvalue weighted by Crippen LogP contribution is 2.25. The number of fused-ring (bicyclic) bond motifs is 1. The number of para-hydroxylation sites is 3. The van der Waals surface area contributed by atoms with Gasteiger partial charge in [-0.1, -0.05) is 35.9 Å². The van der Waals surface area contributed by atoms with Gasteiger partial charge in [-0.15, -0.1) is 0 Å². The first-order valence-corrected chi connectivity index (χ1v) is 9.77. The number of halogens is 1. The van der Waals surface area contributed by atoms with E-state index in [0.29, 0.717) is 22.3 Å². The van der Waals surface area contributed by atoms with Gasteiger partial charge in [-0.3, -0.25) is 4.79 Å². The Bertz CT molecular complexity index is 1170. The van der Waals surface area contributed by atoms with Gasteiger partial charge in [0.2, 0.25) is 5.91 Å². The van der Waals surface area contributed by atoms with Crippen LogP contribution in [0.3, 0.4) is 0 Å². The van der Waals surface area contributed by atoms with E-state index in [-0.39, 0.29) is 19.1 Å². The first-order chi connectivity index (χ1) is 14.6. The first kappa shape index (κ1) is 19.8. The molecule has 0 aliphatic rings. The summed E-state index contributed by atoms with van der Waals surface area (Å²) in [5.41, 5.74) is 2.35. The number of ether oxygens (including phenoxy) is 2. The highest BCUT2D eigenvalue weighted by Gasteiger charge is 2.15. The summed E-state index contributed by atoms with van der Waals surface area (Å²) >= 11 is 6.18. The quantitative estimate of drug-likeness (QED) is 0.460. The minimum atomic E-state index is -0.165. The van der Waals surface area contributed by atoms with E-state index >= 15 is 0 Å². The normalized spacial score (nSPS) is 10.7. The fourth-order valence-electron chi connectivity index (χ4n) is 3.13. The van der Waals surface area contributed by atoms with Crippen LogP contribution in [0, 0.1) is 0 Å². The van der Waals surface area contributed by atoms with Crippen molar-refractivity contribution in [3.05, 3.63) is 83.6 Å². The molecule has 1 aromatic heterocycles. The molecule has 0 bridgehead atoms. The molecule has 3 aromatic carbocycles. The molecule has 1 N–H and O–H groups in total. The Hall–Kier alpha value is -3.51. The Morgan fingerprint density at radius 3 is 2.53 bits per heavy atom. The van der Waals surface area contributed by atoms with Crippen LogP contribution < -0.4 is 14.8 Å². The van der Waals surface area contributed by atoms with E-state index in [1.165, 1.54) is 0 Å². The second-order valence-corrected chi connectivity index (χ2v) is 7.01. The highest BCUT2D eigenvalue weighted by molar-refractivity contribution is 6.32. The van der Waals surface area contributed by atoms with Crippen LogP contribution in [0.5, 0.6) is 11.5 Å². The molecule has 4 aromatic rings. The van der Waals surface area contributed by atoms with Gasteiger partial charge < -0.3 is 19.4 Å². The van der Waals surface area contributed by atoms with Crippen LogP contribution in [-0.4, -0.2) is 22.6 Å². The number of aromatic nitrogens is 2. The van der Waals surface area contributed by atoms with E-state index in [4.69, 9.17) is 21.1 Å². The highest BCUT2D eigenvalue weighted by atomic mass is 35.5. The molecule has 1 heterocycles. The van der Waals surface area contributed by atoms with Crippen molar-refractivity contribution in [2.24, 2.45) is 0 Å². The number of nitrogens with zero attached hydrogens (tertiary/aromatic N) is 2. The van der Waals surface area contributed by atoms with Crippen molar-refractivity contribution in [2.75, 3.05) is 12.4 Å². The minimum Gasteiger partial charge on any atom is -0.497 e. The van der Waals surface area contributed by atoms with Crippen molar-refractivity contribution in [2.45, 2.75) is 13.2 Å². The van der Waals surface area contributed by atoms with E-state index in [1.54, 1.807) is 43.5 Å². The summed E-state index contributed by atoms with van der Waals surface area (Å²) in [7, 11) is 1.60. The molecule has 0 spiro atoms. The summed E-state index contributed by atoms with van der Waals surface area (Å²) in [5, 5.41) is 3.43. The average molecular weight is 422 g/mol. The summed E-state index contributed by atoms with van der Waals surface area (Å²) < 4.78 is 12.9. The summed E-state index contributed by atoms with van der Waals surface area (Å²) in [6, 6.07) is 22.1. The standard InChI is InChI=1S/C23H20ClN3O3/c1-29-17-12-10-16(11-13-17)25-23(28)14-27-20-8-4-3-7-19(20)26-22(27)15-30-21-9-5-2-6-18(21)24/h2-13H,14-15H2,1H3,(H,25,28). The lowest BCUT2D eigenvalue weighted by Gasteiger charge is -2.12. The molecule has 0 unspecified atom stereocenters. The first-order valence-electron chi connectivity index (χ1n) is 9.39. The molecule has 0 aliphatic carbocycles. The summed E-state index contributed by atoms with van der Waals surface area (Å²) in [6.45, 7) is 0.294. The lowest BCUT2D eigenvalue weighted by molar-refractivity contribution is -0.116. The number of benzene rings is 3. The Morgan fingerprint density at radius 2 is 1.77 bits per heavy atom. The van der Waals surface area contributed by atoms with E-state index in [1.807, 2.05) is 41.0 Å². The molecule has 0 atom stereocenters. The van der Waals surface area contributed by atoms with Crippen LogP contribution in [0.2, 0.25) is 5.02 Å². The molecule has 0 radical (unpaired) electrons. The lowest BCUT2D eigenvalue weighted by Crippen LogP contribution is -2.20. The monoisotopic (exact) mass is 421 g/mol.